The number of benzene rings is 2. The van der Waals surface area contributed by atoms with Crippen molar-refractivity contribution in [3.05, 3.63) is 48.0 Å². The molecular formula is C17H11N3O2. The maximum absolute atomic E-state index is 11.9. The normalized spacial score (nSPS) is 24.4. The number of hydrogen-bond donors (Lipinski definition) is 1. The largest absolute Gasteiger partial charge is 0.294 e. The van der Waals surface area contributed by atoms with Crippen molar-refractivity contribution in [2.24, 2.45) is 11.8 Å². The minimum Gasteiger partial charge on any atom is -0.294 e. The van der Waals surface area contributed by atoms with Gasteiger partial charge in [-0.05, 0) is 16.3 Å². The summed E-state index contributed by atoms with van der Waals surface area (Å²) >= 11 is 0. The summed E-state index contributed by atoms with van der Waals surface area (Å²) in [6.45, 7) is 0. The summed E-state index contributed by atoms with van der Waals surface area (Å²) in [6.07, 6.45) is 0. The molecule has 0 saturated carbocycles. The third-order valence-corrected chi connectivity index (χ3v) is 3.97. The Hall–Kier alpha value is -3.18. The predicted molar refractivity (Wildman–Crippen MR) is 78.0 cm³/mol. The summed E-state index contributed by atoms with van der Waals surface area (Å²) < 4.78 is 0. The summed E-state index contributed by atoms with van der Waals surface area (Å²) in [5.41, 5.74) is 0.653. The quantitative estimate of drug-likeness (QED) is 0.811. The molecule has 2 unspecified atom stereocenters. The first-order valence-corrected chi connectivity index (χ1v) is 6.78. The zero-order valence-corrected chi connectivity index (χ0v) is 11.5. The van der Waals surface area contributed by atoms with Gasteiger partial charge >= 0.3 is 0 Å². The summed E-state index contributed by atoms with van der Waals surface area (Å²) in [6, 6.07) is 17.0. The molecule has 1 heterocycles. The van der Waals surface area contributed by atoms with Crippen LogP contribution >= 0.6 is 0 Å². The Bertz CT molecular complexity index is 828. The average molecular weight is 289 g/mol. The van der Waals surface area contributed by atoms with E-state index in [1.807, 2.05) is 48.5 Å². The average Bonchev–Trinajstić information content (AvgIpc) is 2.54. The Morgan fingerprint density at radius 1 is 0.864 bits per heavy atom. The zero-order valence-electron chi connectivity index (χ0n) is 11.5. The molecule has 2 atom stereocenters. The lowest BCUT2D eigenvalue weighted by Gasteiger charge is -2.29. The third-order valence-electron chi connectivity index (χ3n) is 3.97. The van der Waals surface area contributed by atoms with Gasteiger partial charge in [0.1, 0.15) is 11.8 Å². The Morgan fingerprint density at radius 2 is 1.45 bits per heavy atom. The van der Waals surface area contributed by atoms with Crippen molar-refractivity contribution in [2.75, 3.05) is 0 Å². The molecule has 2 aromatic rings. The van der Waals surface area contributed by atoms with Crippen LogP contribution in [0.15, 0.2) is 42.5 Å². The fourth-order valence-electron chi connectivity index (χ4n) is 2.87. The van der Waals surface area contributed by atoms with Crippen molar-refractivity contribution in [3.63, 3.8) is 0 Å². The Morgan fingerprint density at radius 3 is 2.05 bits per heavy atom. The lowest BCUT2D eigenvalue weighted by atomic mass is 9.74. The fourth-order valence-corrected chi connectivity index (χ4v) is 2.87. The fraction of sp³-hybridized carbons (Fsp3) is 0.176. The van der Waals surface area contributed by atoms with E-state index >= 15 is 0 Å². The van der Waals surface area contributed by atoms with E-state index in [2.05, 4.69) is 5.32 Å². The molecule has 2 amide bonds. The molecule has 106 valence electrons. The van der Waals surface area contributed by atoms with E-state index in [1.54, 1.807) is 6.07 Å². The number of nitrogens with zero attached hydrogens (tertiary/aromatic N) is 2. The van der Waals surface area contributed by atoms with Crippen LogP contribution in [0.3, 0.4) is 0 Å². The number of carbonyl (C=O) groups excluding carboxylic acids is 2. The molecule has 0 aromatic heterocycles. The monoisotopic (exact) mass is 289 g/mol. The van der Waals surface area contributed by atoms with Gasteiger partial charge in [-0.25, -0.2) is 0 Å². The van der Waals surface area contributed by atoms with Crippen LogP contribution in [0.2, 0.25) is 0 Å². The lowest BCUT2D eigenvalue weighted by Crippen LogP contribution is -2.49. The van der Waals surface area contributed by atoms with Crippen LogP contribution in [-0.2, 0) is 9.59 Å². The predicted octanol–water partition coefficient (Wildman–Crippen LogP) is 1.86. The summed E-state index contributed by atoms with van der Waals surface area (Å²) in [5.74, 6) is -4.14. The molecule has 1 aliphatic heterocycles. The molecule has 0 bridgehead atoms. The van der Waals surface area contributed by atoms with Crippen LogP contribution in [0.25, 0.3) is 10.8 Å². The number of imide groups is 1. The van der Waals surface area contributed by atoms with Gasteiger partial charge in [-0.15, -0.1) is 0 Å². The summed E-state index contributed by atoms with van der Waals surface area (Å²) in [4.78, 5) is 23.8. The van der Waals surface area contributed by atoms with Crippen LogP contribution in [-0.4, -0.2) is 11.8 Å². The minimum atomic E-state index is -1.05. The first-order valence-electron chi connectivity index (χ1n) is 6.78. The first-order chi connectivity index (χ1) is 10.7. The van der Waals surface area contributed by atoms with E-state index in [-0.39, 0.29) is 0 Å². The van der Waals surface area contributed by atoms with E-state index in [9.17, 15) is 20.1 Å². The molecule has 1 aliphatic rings. The molecule has 2 aromatic carbocycles. The maximum atomic E-state index is 11.9. The summed E-state index contributed by atoms with van der Waals surface area (Å²) in [7, 11) is 0. The number of nitriles is 2. The van der Waals surface area contributed by atoms with Gasteiger partial charge in [-0.3, -0.25) is 14.9 Å². The van der Waals surface area contributed by atoms with Crippen LogP contribution in [0, 0.1) is 34.5 Å². The van der Waals surface area contributed by atoms with E-state index in [4.69, 9.17) is 0 Å². The number of fused-ring (bicyclic) bond motifs is 1. The third kappa shape index (κ3) is 2.10. The molecular weight excluding hydrogens is 278 g/mol. The highest BCUT2D eigenvalue weighted by atomic mass is 16.2. The number of carbonyl (C=O) groups is 2. The molecule has 0 spiro atoms. The Kier molecular flexibility index (Phi) is 3.33. The zero-order chi connectivity index (χ0) is 15.7. The second-order valence-electron chi connectivity index (χ2n) is 5.20. The van der Waals surface area contributed by atoms with E-state index in [0.717, 1.165) is 10.8 Å². The molecule has 1 fully saturated rings. The van der Waals surface area contributed by atoms with Crippen molar-refractivity contribution in [2.45, 2.75) is 5.92 Å². The van der Waals surface area contributed by atoms with Crippen molar-refractivity contribution in [1.82, 2.24) is 5.32 Å². The topological polar surface area (TPSA) is 93.8 Å². The Labute approximate surface area is 126 Å². The van der Waals surface area contributed by atoms with Crippen molar-refractivity contribution < 1.29 is 9.59 Å². The van der Waals surface area contributed by atoms with Crippen LogP contribution < -0.4 is 5.32 Å². The van der Waals surface area contributed by atoms with Crippen LogP contribution in [0.1, 0.15) is 11.5 Å². The number of amides is 2. The second kappa shape index (κ2) is 5.31. The first kappa shape index (κ1) is 13.8. The van der Waals surface area contributed by atoms with Gasteiger partial charge in [0.05, 0.1) is 12.1 Å². The van der Waals surface area contributed by atoms with Gasteiger partial charge in [0.25, 0.3) is 0 Å². The number of nitrogens with one attached hydrogen (secondary N) is 1. The highest BCUT2D eigenvalue weighted by Crippen LogP contribution is 2.36. The van der Waals surface area contributed by atoms with Crippen molar-refractivity contribution in [1.29, 1.82) is 10.5 Å². The van der Waals surface area contributed by atoms with E-state index in [0.29, 0.717) is 5.56 Å². The number of rotatable bonds is 1. The van der Waals surface area contributed by atoms with Gasteiger partial charge in [-0.1, -0.05) is 42.5 Å². The van der Waals surface area contributed by atoms with Crippen LogP contribution in [0.5, 0.6) is 0 Å². The molecule has 0 aliphatic carbocycles. The number of piperidine rings is 1. The van der Waals surface area contributed by atoms with Gasteiger partial charge in [0, 0.05) is 5.92 Å². The van der Waals surface area contributed by atoms with Gasteiger partial charge in [0.2, 0.25) is 11.8 Å². The molecule has 1 saturated heterocycles. The van der Waals surface area contributed by atoms with E-state index < -0.39 is 29.6 Å². The molecule has 1 N–H and O–H groups in total. The Balaban J connectivity index is 2.15. The molecule has 0 radical (unpaired) electrons. The smallest absolute Gasteiger partial charge is 0.244 e. The maximum Gasteiger partial charge on any atom is 0.244 e. The van der Waals surface area contributed by atoms with Crippen molar-refractivity contribution in [3.8, 4) is 12.1 Å². The highest BCUT2D eigenvalue weighted by Gasteiger charge is 2.45. The minimum absolute atomic E-state index is 0.642. The second-order valence-corrected chi connectivity index (χ2v) is 5.20. The summed E-state index contributed by atoms with van der Waals surface area (Å²) in [5, 5.41) is 22.6. The molecule has 22 heavy (non-hydrogen) atoms. The highest BCUT2D eigenvalue weighted by molar-refractivity contribution is 6.03. The molecule has 5 heteroatoms. The van der Waals surface area contributed by atoms with Crippen molar-refractivity contribution >= 4 is 22.6 Å². The molecule has 3 rings (SSSR count). The lowest BCUT2D eigenvalue weighted by molar-refractivity contribution is -0.137. The standard InChI is InChI=1S/C17H11N3O2/c18-8-13-15(14(9-19)17(22)20-16(13)21)12-6-5-10-3-1-2-4-11(10)7-12/h1-7,13-15H,(H,20,21,22). The number of hydrogen-bond acceptors (Lipinski definition) is 4. The van der Waals surface area contributed by atoms with Gasteiger partial charge in [0.15, 0.2) is 0 Å². The molecule has 5 nitrogen and oxygen atoms in total. The van der Waals surface area contributed by atoms with E-state index in [1.165, 1.54) is 0 Å². The van der Waals surface area contributed by atoms with Crippen LogP contribution in [0.4, 0.5) is 0 Å². The van der Waals surface area contributed by atoms with Gasteiger partial charge < -0.3 is 0 Å². The van der Waals surface area contributed by atoms with Gasteiger partial charge in [-0.2, -0.15) is 10.5 Å². The SMILES string of the molecule is N#CC1C(=O)NC(=O)C(C#N)C1c1ccc2ccccc2c1.